The van der Waals surface area contributed by atoms with Crippen molar-refractivity contribution >= 4 is 11.0 Å². The maximum absolute atomic E-state index is 9.34. The molecular weight excluding hydrogens is 262 g/mol. The third kappa shape index (κ3) is 2.90. The van der Waals surface area contributed by atoms with Crippen LogP contribution < -0.4 is 5.32 Å². The van der Waals surface area contributed by atoms with E-state index in [9.17, 15) is 5.11 Å². The minimum Gasteiger partial charge on any atom is -0.508 e. The van der Waals surface area contributed by atoms with E-state index < -0.39 is 0 Å². The second kappa shape index (κ2) is 5.58. The Balaban J connectivity index is 1.75. The van der Waals surface area contributed by atoms with Crippen molar-refractivity contribution in [2.45, 2.75) is 25.9 Å². The zero-order chi connectivity index (χ0) is 14.8. The van der Waals surface area contributed by atoms with Crippen LogP contribution in [0.4, 0.5) is 0 Å². The van der Waals surface area contributed by atoms with E-state index in [0.29, 0.717) is 0 Å². The van der Waals surface area contributed by atoms with Crippen molar-refractivity contribution in [1.82, 2.24) is 15.3 Å². The van der Waals surface area contributed by atoms with Crippen molar-refractivity contribution < 1.29 is 5.11 Å². The Morgan fingerprint density at radius 3 is 2.43 bits per heavy atom. The van der Waals surface area contributed by atoms with Gasteiger partial charge in [0.25, 0.3) is 0 Å². The summed E-state index contributed by atoms with van der Waals surface area (Å²) in [4.78, 5) is 7.96. The Morgan fingerprint density at radius 1 is 1.00 bits per heavy atom. The van der Waals surface area contributed by atoms with Crippen LogP contribution in [0, 0.1) is 0 Å². The summed E-state index contributed by atoms with van der Waals surface area (Å²) in [5.74, 6) is 1.22. The Morgan fingerprint density at radius 2 is 1.71 bits per heavy atom. The van der Waals surface area contributed by atoms with Gasteiger partial charge in [-0.1, -0.05) is 24.3 Å². The summed E-state index contributed by atoms with van der Waals surface area (Å²) >= 11 is 0. The number of aromatic hydroxyl groups is 1. The van der Waals surface area contributed by atoms with Gasteiger partial charge in [0.1, 0.15) is 11.6 Å². The highest BCUT2D eigenvalue weighted by Gasteiger charge is 2.14. The number of fused-ring (bicyclic) bond motifs is 1. The zero-order valence-corrected chi connectivity index (χ0v) is 12.2. The van der Waals surface area contributed by atoms with Gasteiger partial charge in [0.2, 0.25) is 0 Å². The molecule has 0 saturated heterocycles. The molecule has 3 N–H and O–H groups in total. The quantitative estimate of drug-likeness (QED) is 0.683. The minimum absolute atomic E-state index is 0.112. The monoisotopic (exact) mass is 281 g/mol. The third-order valence-corrected chi connectivity index (χ3v) is 3.71. The first-order valence-corrected chi connectivity index (χ1v) is 7.13. The summed E-state index contributed by atoms with van der Waals surface area (Å²) in [6.45, 7) is 4.19. The largest absolute Gasteiger partial charge is 0.508 e. The summed E-state index contributed by atoms with van der Waals surface area (Å²) < 4.78 is 0. The Labute approximate surface area is 123 Å². The molecule has 3 aromatic rings. The Bertz CT molecular complexity index is 700. The molecule has 2 atom stereocenters. The molecule has 2 aromatic carbocycles. The maximum Gasteiger partial charge on any atom is 0.124 e. The molecule has 0 aliphatic rings. The molecule has 108 valence electrons. The fraction of sp³-hybridized carbons (Fsp3) is 0.235. The highest BCUT2D eigenvalue weighted by atomic mass is 16.3. The van der Waals surface area contributed by atoms with Crippen LogP contribution in [0.1, 0.15) is 37.3 Å². The second-order valence-electron chi connectivity index (χ2n) is 5.34. The lowest BCUT2D eigenvalue weighted by molar-refractivity contribution is 0.469. The molecule has 0 saturated carbocycles. The standard InChI is InChI=1S/C17H19N3O/c1-11(13-7-9-14(21)10-8-13)18-12(2)17-19-15-5-3-4-6-16(15)20-17/h3-12,18,21H,1-2H3,(H,19,20). The second-order valence-corrected chi connectivity index (χ2v) is 5.34. The fourth-order valence-electron chi connectivity index (χ4n) is 2.49. The van der Waals surface area contributed by atoms with E-state index in [0.717, 1.165) is 22.4 Å². The summed E-state index contributed by atoms with van der Waals surface area (Å²) in [7, 11) is 0. The SMILES string of the molecule is CC(NC(C)c1nc2ccccc2[nH]1)c1ccc(O)cc1. The lowest BCUT2D eigenvalue weighted by Crippen LogP contribution is -2.23. The average Bonchev–Trinajstić information content (AvgIpc) is 2.92. The predicted molar refractivity (Wildman–Crippen MR) is 84.2 cm³/mol. The van der Waals surface area contributed by atoms with Crippen LogP contribution in [0.2, 0.25) is 0 Å². The lowest BCUT2D eigenvalue weighted by Gasteiger charge is -2.19. The molecule has 3 rings (SSSR count). The maximum atomic E-state index is 9.34. The van der Waals surface area contributed by atoms with Crippen molar-refractivity contribution in [2.24, 2.45) is 0 Å². The minimum atomic E-state index is 0.112. The van der Waals surface area contributed by atoms with Gasteiger partial charge in [-0.05, 0) is 43.7 Å². The third-order valence-electron chi connectivity index (χ3n) is 3.71. The molecule has 1 aromatic heterocycles. The van der Waals surface area contributed by atoms with E-state index in [-0.39, 0.29) is 17.8 Å². The van der Waals surface area contributed by atoms with Crippen LogP contribution in [-0.4, -0.2) is 15.1 Å². The molecule has 0 radical (unpaired) electrons. The molecule has 0 fully saturated rings. The van der Waals surface area contributed by atoms with Crippen LogP contribution in [0.5, 0.6) is 5.75 Å². The van der Waals surface area contributed by atoms with Gasteiger partial charge in [0, 0.05) is 6.04 Å². The average molecular weight is 281 g/mol. The van der Waals surface area contributed by atoms with Crippen LogP contribution in [0.15, 0.2) is 48.5 Å². The molecule has 1 heterocycles. The topological polar surface area (TPSA) is 60.9 Å². The number of hydrogen-bond acceptors (Lipinski definition) is 3. The van der Waals surface area contributed by atoms with E-state index >= 15 is 0 Å². The molecule has 0 spiro atoms. The normalized spacial score (nSPS) is 14.2. The van der Waals surface area contributed by atoms with Crippen LogP contribution >= 0.6 is 0 Å². The number of imidazole rings is 1. The molecular formula is C17H19N3O. The number of phenols is 1. The summed E-state index contributed by atoms with van der Waals surface area (Å²) in [5.41, 5.74) is 3.17. The van der Waals surface area contributed by atoms with Crippen LogP contribution in [-0.2, 0) is 0 Å². The van der Waals surface area contributed by atoms with Crippen molar-refractivity contribution in [2.75, 3.05) is 0 Å². The predicted octanol–water partition coefficient (Wildman–Crippen LogP) is 3.68. The van der Waals surface area contributed by atoms with Crippen molar-refractivity contribution in [3.05, 3.63) is 59.9 Å². The van der Waals surface area contributed by atoms with Gasteiger partial charge in [-0.25, -0.2) is 4.98 Å². The Kier molecular flexibility index (Phi) is 3.62. The molecule has 21 heavy (non-hydrogen) atoms. The number of phenolic OH excluding ortho intramolecular Hbond substituents is 1. The molecule has 0 amide bonds. The molecule has 0 aliphatic heterocycles. The van der Waals surface area contributed by atoms with E-state index in [4.69, 9.17) is 0 Å². The molecule has 4 nitrogen and oxygen atoms in total. The number of nitrogens with one attached hydrogen (secondary N) is 2. The highest BCUT2D eigenvalue weighted by molar-refractivity contribution is 5.74. The van der Waals surface area contributed by atoms with Gasteiger partial charge >= 0.3 is 0 Å². The van der Waals surface area contributed by atoms with Crippen LogP contribution in [0.3, 0.4) is 0 Å². The number of benzene rings is 2. The van der Waals surface area contributed by atoms with Gasteiger partial charge in [-0.2, -0.15) is 0 Å². The number of para-hydroxylation sites is 2. The van der Waals surface area contributed by atoms with E-state index in [1.165, 1.54) is 0 Å². The molecule has 0 aliphatic carbocycles. The number of aromatic amines is 1. The summed E-state index contributed by atoms with van der Waals surface area (Å²) in [6, 6.07) is 15.6. The van der Waals surface area contributed by atoms with Gasteiger partial charge in [0.15, 0.2) is 0 Å². The Hall–Kier alpha value is -2.33. The number of hydrogen-bond donors (Lipinski definition) is 3. The summed E-state index contributed by atoms with van der Waals surface area (Å²) in [6.07, 6.45) is 0. The summed E-state index contributed by atoms with van der Waals surface area (Å²) in [5, 5.41) is 12.9. The van der Waals surface area contributed by atoms with E-state index in [1.54, 1.807) is 12.1 Å². The van der Waals surface area contributed by atoms with Crippen LogP contribution in [0.25, 0.3) is 11.0 Å². The highest BCUT2D eigenvalue weighted by Crippen LogP contribution is 2.21. The smallest absolute Gasteiger partial charge is 0.124 e. The molecule has 4 heteroatoms. The van der Waals surface area contributed by atoms with Crippen molar-refractivity contribution in [3.63, 3.8) is 0 Å². The zero-order valence-electron chi connectivity index (χ0n) is 12.2. The van der Waals surface area contributed by atoms with Crippen molar-refractivity contribution in [3.8, 4) is 5.75 Å². The van der Waals surface area contributed by atoms with E-state index in [2.05, 4.69) is 29.1 Å². The number of nitrogens with zero attached hydrogens (tertiary/aromatic N) is 1. The lowest BCUT2D eigenvalue weighted by atomic mass is 10.1. The molecule has 2 unspecified atom stereocenters. The van der Waals surface area contributed by atoms with Gasteiger partial charge in [-0.3, -0.25) is 0 Å². The van der Waals surface area contributed by atoms with Gasteiger partial charge in [0.05, 0.1) is 17.1 Å². The first-order valence-electron chi connectivity index (χ1n) is 7.13. The van der Waals surface area contributed by atoms with E-state index in [1.807, 2.05) is 36.4 Å². The molecule has 0 bridgehead atoms. The number of aromatic nitrogens is 2. The fourth-order valence-corrected chi connectivity index (χ4v) is 2.49. The first kappa shape index (κ1) is 13.6. The first-order chi connectivity index (χ1) is 10.1. The van der Waals surface area contributed by atoms with Crippen molar-refractivity contribution in [1.29, 1.82) is 0 Å². The number of H-pyrrole nitrogens is 1. The number of rotatable bonds is 4. The van der Waals surface area contributed by atoms with Gasteiger partial charge < -0.3 is 15.4 Å². The van der Waals surface area contributed by atoms with Gasteiger partial charge in [-0.15, -0.1) is 0 Å².